The summed E-state index contributed by atoms with van der Waals surface area (Å²) in [5, 5.41) is 23.4. The molecule has 0 unspecified atom stereocenters. The van der Waals surface area contributed by atoms with Crippen molar-refractivity contribution in [1.82, 2.24) is 10.3 Å². The number of rotatable bonds is 10. The molecule has 2 aromatic rings. The number of carboxylic acid groups (broad SMARTS) is 1. The predicted molar refractivity (Wildman–Crippen MR) is 130 cm³/mol. The van der Waals surface area contributed by atoms with Crippen LogP contribution in [-0.4, -0.2) is 46.6 Å². The van der Waals surface area contributed by atoms with E-state index in [0.717, 1.165) is 56.3 Å². The minimum absolute atomic E-state index is 0.0448. The monoisotopic (exact) mass is 464 g/mol. The zero-order chi connectivity index (χ0) is 23.9. The number of para-hydroxylation sites is 1. The molecule has 0 radical (unpaired) electrons. The van der Waals surface area contributed by atoms with Crippen LogP contribution in [-0.2, 0) is 17.6 Å². The van der Waals surface area contributed by atoms with Crippen LogP contribution in [0.1, 0.15) is 66.6 Å². The van der Waals surface area contributed by atoms with Crippen molar-refractivity contribution in [2.75, 3.05) is 6.54 Å². The lowest BCUT2D eigenvalue weighted by molar-refractivity contribution is -0.120. The Balaban J connectivity index is 1.17. The van der Waals surface area contributed by atoms with Gasteiger partial charge < -0.3 is 20.1 Å². The molecule has 7 nitrogen and oxygen atoms in total. The molecule has 0 bridgehead atoms. The SMILES string of the molecule is O=C(CC1CCC(NCCCc2ccccn2)CC1)C[C@H]1Cc2cccc(C(=O)O)c2OB1O. The first-order valence-electron chi connectivity index (χ1n) is 12.3. The molecule has 1 atom stereocenters. The number of fused-ring (bicyclic) bond motifs is 1. The van der Waals surface area contributed by atoms with Gasteiger partial charge >= 0.3 is 13.1 Å². The topological polar surface area (TPSA) is 109 Å². The Morgan fingerprint density at radius 3 is 2.65 bits per heavy atom. The van der Waals surface area contributed by atoms with Crippen molar-refractivity contribution in [3.05, 3.63) is 59.4 Å². The van der Waals surface area contributed by atoms with Gasteiger partial charge in [-0.25, -0.2) is 4.79 Å². The summed E-state index contributed by atoms with van der Waals surface area (Å²) in [6.45, 7) is 0.982. The van der Waals surface area contributed by atoms with Crippen LogP contribution in [0.2, 0.25) is 5.82 Å². The van der Waals surface area contributed by atoms with Gasteiger partial charge in [-0.15, -0.1) is 0 Å². The van der Waals surface area contributed by atoms with Crippen LogP contribution in [0.3, 0.4) is 0 Å². The fourth-order valence-corrected chi connectivity index (χ4v) is 5.22. The summed E-state index contributed by atoms with van der Waals surface area (Å²) < 4.78 is 5.53. The zero-order valence-electron chi connectivity index (χ0n) is 19.5. The van der Waals surface area contributed by atoms with Gasteiger partial charge in [0.2, 0.25) is 0 Å². The van der Waals surface area contributed by atoms with Gasteiger partial charge in [0.1, 0.15) is 11.5 Å². The maximum atomic E-state index is 12.8. The van der Waals surface area contributed by atoms with Crippen molar-refractivity contribution in [2.24, 2.45) is 5.92 Å². The van der Waals surface area contributed by atoms with E-state index in [4.69, 9.17) is 4.65 Å². The Morgan fingerprint density at radius 1 is 1.09 bits per heavy atom. The van der Waals surface area contributed by atoms with Crippen LogP contribution < -0.4 is 9.97 Å². The summed E-state index contributed by atoms with van der Waals surface area (Å²) in [6, 6.07) is 11.5. The quantitative estimate of drug-likeness (QED) is 0.364. The maximum Gasteiger partial charge on any atom is 0.526 e. The van der Waals surface area contributed by atoms with Crippen LogP contribution >= 0.6 is 0 Å². The van der Waals surface area contributed by atoms with Crippen LogP contribution in [0.15, 0.2) is 42.6 Å². The van der Waals surface area contributed by atoms with E-state index in [9.17, 15) is 19.7 Å². The fourth-order valence-electron chi connectivity index (χ4n) is 5.22. The van der Waals surface area contributed by atoms with Crippen LogP contribution in [0.4, 0.5) is 0 Å². The summed E-state index contributed by atoms with van der Waals surface area (Å²) in [5.74, 6) is -0.668. The first-order chi connectivity index (χ1) is 16.5. The second kappa shape index (κ2) is 11.6. The molecule has 0 amide bonds. The van der Waals surface area contributed by atoms with Crippen molar-refractivity contribution in [3.63, 3.8) is 0 Å². The van der Waals surface area contributed by atoms with Gasteiger partial charge in [-0.2, -0.15) is 0 Å². The smallest absolute Gasteiger partial charge is 0.526 e. The van der Waals surface area contributed by atoms with E-state index in [1.807, 2.05) is 18.3 Å². The van der Waals surface area contributed by atoms with Crippen molar-refractivity contribution in [2.45, 2.75) is 69.6 Å². The predicted octanol–water partition coefficient (Wildman–Crippen LogP) is 3.70. The van der Waals surface area contributed by atoms with Crippen LogP contribution in [0.5, 0.6) is 5.75 Å². The van der Waals surface area contributed by atoms with E-state index in [-0.39, 0.29) is 29.3 Å². The van der Waals surface area contributed by atoms with Gasteiger partial charge in [-0.1, -0.05) is 18.2 Å². The molecule has 2 aliphatic rings. The van der Waals surface area contributed by atoms with Gasteiger partial charge in [0.05, 0.1) is 5.56 Å². The maximum absolute atomic E-state index is 12.8. The highest BCUT2D eigenvalue weighted by Gasteiger charge is 2.38. The zero-order valence-corrected chi connectivity index (χ0v) is 19.5. The van der Waals surface area contributed by atoms with E-state index in [2.05, 4.69) is 16.4 Å². The normalized spacial score (nSPS) is 22.0. The van der Waals surface area contributed by atoms with E-state index in [1.54, 1.807) is 12.1 Å². The summed E-state index contributed by atoms with van der Waals surface area (Å²) in [5.41, 5.74) is 1.91. The number of Topliss-reactive ketones (excluding diaryl/α,β-unsaturated/α-hetero) is 1. The van der Waals surface area contributed by atoms with Gasteiger partial charge in [0.15, 0.2) is 0 Å². The Labute approximate surface area is 201 Å². The molecule has 180 valence electrons. The van der Waals surface area contributed by atoms with Gasteiger partial charge in [0.25, 0.3) is 0 Å². The van der Waals surface area contributed by atoms with Crippen molar-refractivity contribution in [1.29, 1.82) is 0 Å². The molecule has 0 spiro atoms. The first-order valence-corrected chi connectivity index (χ1v) is 12.3. The first kappa shape index (κ1) is 24.4. The number of carbonyl (C=O) groups excluding carboxylic acids is 1. The standard InChI is InChI=1S/C26H33BN2O5/c30-23(17-20-16-19-5-3-8-24(26(31)32)25(19)34-27(20)33)15-18-9-11-22(12-10-18)29-14-4-7-21-6-1-2-13-28-21/h1-3,5-6,8,13,18,20,22,29,33H,4,7,9-12,14-17H2,(H,31,32)/t18?,20-,22?/m1/s1. The molecule has 1 aromatic heterocycles. The summed E-state index contributed by atoms with van der Waals surface area (Å²) >= 11 is 0. The number of hydrogen-bond acceptors (Lipinski definition) is 6. The lowest BCUT2D eigenvalue weighted by Gasteiger charge is -2.30. The lowest BCUT2D eigenvalue weighted by atomic mass is 9.64. The minimum atomic E-state index is -1.16. The molecule has 3 N–H and O–H groups in total. The molecule has 1 fully saturated rings. The number of aromatic nitrogens is 1. The third-order valence-corrected chi connectivity index (χ3v) is 7.07. The number of aryl methyl sites for hydroxylation is 1. The lowest BCUT2D eigenvalue weighted by Crippen LogP contribution is -2.36. The van der Waals surface area contributed by atoms with E-state index < -0.39 is 13.1 Å². The van der Waals surface area contributed by atoms with Gasteiger partial charge in [-0.05, 0) is 81.2 Å². The van der Waals surface area contributed by atoms with Crippen molar-refractivity contribution < 1.29 is 24.4 Å². The minimum Gasteiger partial charge on any atom is -0.535 e. The molecule has 1 aromatic carbocycles. The number of nitrogens with zero attached hydrogens (tertiary/aromatic N) is 1. The second-order valence-corrected chi connectivity index (χ2v) is 9.61. The molecular formula is C26H33BN2O5. The number of hydrogen-bond donors (Lipinski definition) is 3. The average molecular weight is 464 g/mol. The largest absolute Gasteiger partial charge is 0.535 e. The summed E-state index contributed by atoms with van der Waals surface area (Å²) in [4.78, 5) is 28.5. The second-order valence-electron chi connectivity index (χ2n) is 9.61. The van der Waals surface area contributed by atoms with E-state index >= 15 is 0 Å². The van der Waals surface area contributed by atoms with Crippen LogP contribution in [0.25, 0.3) is 0 Å². The fraction of sp³-hybridized carbons (Fsp3) is 0.500. The third kappa shape index (κ3) is 6.45. The number of ketones is 1. The Hall–Kier alpha value is -2.71. The number of nitrogens with one attached hydrogen (secondary N) is 1. The molecule has 0 saturated heterocycles. The third-order valence-electron chi connectivity index (χ3n) is 7.07. The molecule has 8 heteroatoms. The highest BCUT2D eigenvalue weighted by molar-refractivity contribution is 6.47. The molecule has 4 rings (SSSR count). The summed E-state index contributed by atoms with van der Waals surface area (Å²) in [7, 11) is -1.16. The molecule has 1 aliphatic carbocycles. The molecule has 2 heterocycles. The number of aromatic carboxylic acids is 1. The Bertz CT molecular complexity index is 978. The molecule has 1 aliphatic heterocycles. The number of benzene rings is 1. The number of carbonyl (C=O) groups is 2. The van der Waals surface area contributed by atoms with Gasteiger partial charge in [-0.3, -0.25) is 9.78 Å². The van der Waals surface area contributed by atoms with E-state index in [1.165, 1.54) is 6.07 Å². The van der Waals surface area contributed by atoms with Crippen LogP contribution in [0, 0.1) is 5.92 Å². The summed E-state index contributed by atoms with van der Waals surface area (Å²) in [6.07, 6.45) is 9.37. The molecular weight excluding hydrogens is 431 g/mol. The van der Waals surface area contributed by atoms with Crippen molar-refractivity contribution in [3.8, 4) is 5.75 Å². The highest BCUT2D eigenvalue weighted by Crippen LogP contribution is 2.37. The van der Waals surface area contributed by atoms with Gasteiger partial charge in [0, 0.05) is 36.6 Å². The average Bonchev–Trinajstić information content (AvgIpc) is 2.83. The highest BCUT2D eigenvalue weighted by atomic mass is 16.5. The Morgan fingerprint density at radius 2 is 1.91 bits per heavy atom. The van der Waals surface area contributed by atoms with Crippen molar-refractivity contribution >= 4 is 18.9 Å². The molecule has 1 saturated carbocycles. The Kier molecular flexibility index (Phi) is 8.35. The number of carboxylic acids is 1. The van der Waals surface area contributed by atoms with E-state index in [0.29, 0.717) is 24.8 Å². The molecule has 34 heavy (non-hydrogen) atoms. The number of pyridine rings is 1.